The first-order valence-electron chi connectivity index (χ1n) is 9.62. The van der Waals surface area contributed by atoms with E-state index in [0.29, 0.717) is 29.9 Å². The fraction of sp³-hybridized carbons (Fsp3) is 0.333. The summed E-state index contributed by atoms with van der Waals surface area (Å²) < 4.78 is 27.6. The average Bonchev–Trinajstić information content (AvgIpc) is 2.72. The highest BCUT2D eigenvalue weighted by atomic mass is 32.2. The number of hydrogen-bond donors (Lipinski definition) is 2. The molecular formula is C21H25N3O4S. The molecule has 2 N–H and O–H groups in total. The minimum absolute atomic E-state index is 0.0897. The predicted molar refractivity (Wildman–Crippen MR) is 111 cm³/mol. The highest BCUT2D eigenvalue weighted by Crippen LogP contribution is 2.23. The number of nitrogens with one attached hydrogen (secondary N) is 2. The number of anilines is 1. The van der Waals surface area contributed by atoms with E-state index in [4.69, 9.17) is 0 Å². The number of nitrogens with zero attached hydrogens (tertiary/aromatic N) is 1. The van der Waals surface area contributed by atoms with Crippen LogP contribution in [0, 0.1) is 0 Å². The van der Waals surface area contributed by atoms with Crippen molar-refractivity contribution in [3.8, 4) is 0 Å². The van der Waals surface area contributed by atoms with Crippen LogP contribution in [0.2, 0.25) is 0 Å². The van der Waals surface area contributed by atoms with Gasteiger partial charge in [0, 0.05) is 37.8 Å². The first-order valence-corrected chi connectivity index (χ1v) is 11.1. The molecule has 0 aromatic heterocycles. The summed E-state index contributed by atoms with van der Waals surface area (Å²) in [6.07, 6.45) is 2.77. The molecule has 2 aromatic carbocycles. The van der Waals surface area contributed by atoms with Crippen molar-refractivity contribution in [1.29, 1.82) is 0 Å². The van der Waals surface area contributed by atoms with Gasteiger partial charge in [0.05, 0.1) is 4.90 Å². The van der Waals surface area contributed by atoms with Gasteiger partial charge in [0.2, 0.25) is 15.9 Å². The van der Waals surface area contributed by atoms with Crippen LogP contribution in [-0.4, -0.2) is 37.6 Å². The summed E-state index contributed by atoms with van der Waals surface area (Å²) in [4.78, 5) is 24.0. The molecule has 0 bridgehead atoms. The molecule has 0 unspecified atom stereocenters. The third-order valence-electron chi connectivity index (χ3n) is 4.79. The molecular weight excluding hydrogens is 390 g/mol. The predicted octanol–water partition coefficient (Wildman–Crippen LogP) is 2.75. The number of hydrogen-bond acceptors (Lipinski definition) is 4. The summed E-state index contributed by atoms with van der Waals surface area (Å²) in [6, 6.07) is 13.3. The Balaban J connectivity index is 1.75. The summed E-state index contributed by atoms with van der Waals surface area (Å²) in [6.45, 7) is 2.54. The number of sulfonamides is 1. The van der Waals surface area contributed by atoms with E-state index in [0.717, 1.165) is 19.3 Å². The molecule has 0 spiro atoms. The van der Waals surface area contributed by atoms with E-state index in [-0.39, 0.29) is 23.3 Å². The molecule has 29 heavy (non-hydrogen) atoms. The van der Waals surface area contributed by atoms with Gasteiger partial charge >= 0.3 is 0 Å². The smallest absolute Gasteiger partial charge is 0.251 e. The van der Waals surface area contributed by atoms with Gasteiger partial charge in [-0.05, 0) is 42.7 Å². The molecule has 154 valence electrons. The van der Waals surface area contributed by atoms with Crippen LogP contribution in [-0.2, 0) is 21.4 Å². The Hall–Kier alpha value is -2.71. The van der Waals surface area contributed by atoms with Gasteiger partial charge in [-0.1, -0.05) is 30.7 Å². The molecule has 8 heteroatoms. The van der Waals surface area contributed by atoms with Crippen LogP contribution in [0.25, 0.3) is 0 Å². The van der Waals surface area contributed by atoms with Crippen molar-refractivity contribution >= 4 is 27.5 Å². The quantitative estimate of drug-likeness (QED) is 0.758. The third-order valence-corrected chi connectivity index (χ3v) is 6.79. The molecule has 1 heterocycles. The van der Waals surface area contributed by atoms with Crippen LogP contribution in [0.15, 0.2) is 53.4 Å². The lowest BCUT2D eigenvalue weighted by atomic mass is 10.1. The molecule has 1 aliphatic heterocycles. The van der Waals surface area contributed by atoms with Gasteiger partial charge in [-0.25, -0.2) is 8.42 Å². The van der Waals surface area contributed by atoms with Crippen molar-refractivity contribution in [1.82, 2.24) is 9.62 Å². The van der Waals surface area contributed by atoms with Gasteiger partial charge in [0.25, 0.3) is 5.91 Å². The number of amides is 2. The topological polar surface area (TPSA) is 95.6 Å². The van der Waals surface area contributed by atoms with E-state index < -0.39 is 10.0 Å². The van der Waals surface area contributed by atoms with Gasteiger partial charge in [-0.2, -0.15) is 4.31 Å². The number of carbonyl (C=O) groups excluding carboxylic acids is 2. The standard InChI is InChI=1S/C21H25N3O4S/c1-16(25)23-19-10-7-9-17(14-19)21(26)22-15-18-8-3-4-11-20(18)29(27,28)24-12-5-2-6-13-24/h3-4,7-11,14H,2,5-6,12-13,15H2,1H3,(H,22,26)(H,23,25). The second-order valence-electron chi connectivity index (χ2n) is 7.02. The largest absolute Gasteiger partial charge is 0.348 e. The molecule has 0 saturated carbocycles. The second-order valence-corrected chi connectivity index (χ2v) is 8.92. The van der Waals surface area contributed by atoms with E-state index >= 15 is 0 Å². The fourth-order valence-electron chi connectivity index (χ4n) is 3.36. The Kier molecular flexibility index (Phi) is 6.66. The number of piperidine rings is 1. The lowest BCUT2D eigenvalue weighted by Crippen LogP contribution is -2.36. The summed E-state index contributed by atoms with van der Waals surface area (Å²) in [7, 11) is -3.59. The fourth-order valence-corrected chi connectivity index (χ4v) is 5.10. The first kappa shape index (κ1) is 21.0. The van der Waals surface area contributed by atoms with Crippen LogP contribution in [0.4, 0.5) is 5.69 Å². The summed E-state index contributed by atoms with van der Waals surface area (Å²) in [5.41, 5.74) is 1.45. The Morgan fingerprint density at radius 1 is 1.00 bits per heavy atom. The van der Waals surface area contributed by atoms with Crippen molar-refractivity contribution in [2.75, 3.05) is 18.4 Å². The average molecular weight is 416 g/mol. The van der Waals surface area contributed by atoms with Gasteiger partial charge in [-0.15, -0.1) is 0 Å². The number of benzene rings is 2. The highest BCUT2D eigenvalue weighted by Gasteiger charge is 2.27. The SMILES string of the molecule is CC(=O)Nc1cccc(C(=O)NCc2ccccc2S(=O)(=O)N2CCCCC2)c1. The number of rotatable bonds is 6. The highest BCUT2D eigenvalue weighted by molar-refractivity contribution is 7.89. The van der Waals surface area contributed by atoms with Gasteiger partial charge in [0.1, 0.15) is 0 Å². The minimum atomic E-state index is -3.59. The molecule has 2 aromatic rings. The first-order chi connectivity index (χ1) is 13.9. The Bertz CT molecular complexity index is 998. The zero-order valence-corrected chi connectivity index (χ0v) is 17.2. The van der Waals surface area contributed by atoms with E-state index in [1.807, 2.05) is 0 Å². The van der Waals surface area contributed by atoms with E-state index in [1.54, 1.807) is 48.5 Å². The third kappa shape index (κ3) is 5.21. The van der Waals surface area contributed by atoms with E-state index in [1.165, 1.54) is 11.2 Å². The summed E-state index contributed by atoms with van der Waals surface area (Å²) in [5.74, 6) is -0.568. The second kappa shape index (κ2) is 9.19. The maximum atomic E-state index is 13.0. The van der Waals surface area contributed by atoms with Crippen molar-refractivity contribution in [2.24, 2.45) is 0 Å². The lowest BCUT2D eigenvalue weighted by molar-refractivity contribution is -0.114. The van der Waals surface area contributed by atoms with Crippen LogP contribution >= 0.6 is 0 Å². The lowest BCUT2D eigenvalue weighted by Gasteiger charge is -2.26. The van der Waals surface area contributed by atoms with Gasteiger partial charge in [-0.3, -0.25) is 9.59 Å². The Morgan fingerprint density at radius 3 is 2.45 bits per heavy atom. The number of carbonyl (C=O) groups is 2. The van der Waals surface area contributed by atoms with Gasteiger partial charge < -0.3 is 10.6 Å². The summed E-state index contributed by atoms with van der Waals surface area (Å²) in [5, 5.41) is 5.41. The zero-order valence-electron chi connectivity index (χ0n) is 16.3. The van der Waals surface area contributed by atoms with E-state index in [9.17, 15) is 18.0 Å². The Morgan fingerprint density at radius 2 is 1.72 bits per heavy atom. The van der Waals surface area contributed by atoms with E-state index in [2.05, 4.69) is 10.6 Å². The van der Waals surface area contributed by atoms with Crippen molar-refractivity contribution in [3.63, 3.8) is 0 Å². The summed E-state index contributed by atoms with van der Waals surface area (Å²) >= 11 is 0. The van der Waals surface area contributed by atoms with Crippen LogP contribution in [0.5, 0.6) is 0 Å². The minimum Gasteiger partial charge on any atom is -0.348 e. The molecule has 0 radical (unpaired) electrons. The van der Waals surface area contributed by atoms with Crippen molar-refractivity contribution < 1.29 is 18.0 Å². The molecule has 0 atom stereocenters. The van der Waals surface area contributed by atoms with Crippen LogP contribution in [0.1, 0.15) is 42.1 Å². The van der Waals surface area contributed by atoms with Crippen LogP contribution < -0.4 is 10.6 Å². The zero-order chi connectivity index (χ0) is 20.9. The molecule has 3 rings (SSSR count). The van der Waals surface area contributed by atoms with Crippen molar-refractivity contribution in [2.45, 2.75) is 37.6 Å². The van der Waals surface area contributed by atoms with Crippen molar-refractivity contribution in [3.05, 3.63) is 59.7 Å². The molecule has 1 fully saturated rings. The molecule has 2 amide bonds. The van der Waals surface area contributed by atoms with Gasteiger partial charge in [0.15, 0.2) is 0 Å². The normalized spacial score (nSPS) is 14.9. The molecule has 7 nitrogen and oxygen atoms in total. The molecule has 1 saturated heterocycles. The molecule has 1 aliphatic rings. The van der Waals surface area contributed by atoms with Crippen LogP contribution in [0.3, 0.4) is 0 Å². The maximum absolute atomic E-state index is 13.0. The molecule has 0 aliphatic carbocycles. The maximum Gasteiger partial charge on any atom is 0.251 e. The Labute approximate surface area is 171 Å². The monoisotopic (exact) mass is 415 g/mol.